The van der Waals surface area contributed by atoms with Crippen molar-refractivity contribution in [1.29, 1.82) is 0 Å². The van der Waals surface area contributed by atoms with Crippen LogP contribution in [0.5, 0.6) is 5.75 Å². The van der Waals surface area contributed by atoms with Crippen molar-refractivity contribution >= 4 is 23.2 Å². The fourth-order valence-electron chi connectivity index (χ4n) is 3.92. The summed E-state index contributed by atoms with van der Waals surface area (Å²) >= 11 is 6.25. The molecule has 7 nitrogen and oxygen atoms in total. The Morgan fingerprint density at radius 3 is 2.21 bits per heavy atom. The number of aromatic nitrogens is 4. The molecule has 0 spiro atoms. The van der Waals surface area contributed by atoms with Crippen LogP contribution in [-0.4, -0.2) is 32.6 Å². The van der Waals surface area contributed by atoms with Crippen LogP contribution in [0.25, 0.3) is 0 Å². The lowest BCUT2D eigenvalue weighted by Crippen LogP contribution is -2.13. The fraction of sp³-hybridized carbons (Fsp3) is 0.269. The van der Waals surface area contributed by atoms with Gasteiger partial charge in [-0.3, -0.25) is 14.2 Å². The lowest BCUT2D eigenvalue weighted by molar-refractivity contribution is 0.102. The number of rotatable bonds is 7. The van der Waals surface area contributed by atoms with Gasteiger partial charge in [-0.1, -0.05) is 35.9 Å². The average molecular weight is 478 g/mol. The third-order valence-electron chi connectivity index (χ3n) is 5.93. The van der Waals surface area contributed by atoms with E-state index < -0.39 is 0 Å². The second kappa shape index (κ2) is 9.73. The second-order valence-corrected chi connectivity index (χ2v) is 8.73. The Morgan fingerprint density at radius 1 is 0.912 bits per heavy atom. The smallest absolute Gasteiger partial charge is 0.255 e. The van der Waals surface area contributed by atoms with Crippen LogP contribution in [0, 0.1) is 27.7 Å². The zero-order valence-corrected chi connectivity index (χ0v) is 20.8. The molecule has 0 saturated heterocycles. The maximum absolute atomic E-state index is 12.9. The van der Waals surface area contributed by atoms with E-state index in [1.54, 1.807) is 7.11 Å². The number of hydrogen-bond donors (Lipinski definition) is 1. The van der Waals surface area contributed by atoms with Crippen molar-refractivity contribution in [1.82, 2.24) is 19.6 Å². The van der Waals surface area contributed by atoms with E-state index in [9.17, 15) is 4.79 Å². The zero-order valence-electron chi connectivity index (χ0n) is 20.0. The van der Waals surface area contributed by atoms with Gasteiger partial charge in [0.25, 0.3) is 5.91 Å². The van der Waals surface area contributed by atoms with E-state index in [1.807, 2.05) is 85.6 Å². The summed E-state index contributed by atoms with van der Waals surface area (Å²) < 4.78 is 9.07. The maximum Gasteiger partial charge on any atom is 0.255 e. The van der Waals surface area contributed by atoms with E-state index in [1.165, 1.54) is 0 Å². The summed E-state index contributed by atoms with van der Waals surface area (Å²) in [5.74, 6) is 0.629. The largest absolute Gasteiger partial charge is 0.497 e. The highest BCUT2D eigenvalue weighted by Gasteiger charge is 2.16. The van der Waals surface area contributed by atoms with E-state index >= 15 is 0 Å². The van der Waals surface area contributed by atoms with Crippen molar-refractivity contribution in [2.45, 2.75) is 40.8 Å². The van der Waals surface area contributed by atoms with Crippen molar-refractivity contribution < 1.29 is 9.53 Å². The molecule has 0 atom stereocenters. The number of nitrogens with one attached hydrogen (secondary N) is 1. The highest BCUT2D eigenvalue weighted by Crippen LogP contribution is 2.23. The quantitative estimate of drug-likeness (QED) is 0.390. The maximum atomic E-state index is 12.9. The van der Waals surface area contributed by atoms with Crippen LogP contribution in [0.15, 0.2) is 48.5 Å². The molecule has 34 heavy (non-hydrogen) atoms. The normalized spacial score (nSPS) is 11.0. The number of amides is 1. The summed E-state index contributed by atoms with van der Waals surface area (Å²) in [6, 6.07) is 15.4. The van der Waals surface area contributed by atoms with Gasteiger partial charge in [-0.25, -0.2) is 0 Å². The Morgan fingerprint density at radius 2 is 1.56 bits per heavy atom. The number of aryl methyl sites for hydroxylation is 2. The van der Waals surface area contributed by atoms with E-state index in [0.29, 0.717) is 23.7 Å². The third-order valence-corrected chi connectivity index (χ3v) is 6.48. The SMILES string of the molecule is COc1cccc(Cn2nc(C)c(NC(=O)c3ccc(Cn4nc(C)c(Cl)c4C)cc3)c2C)c1. The number of hydrogen-bond acceptors (Lipinski definition) is 4. The molecule has 2 aromatic heterocycles. The van der Waals surface area contributed by atoms with Crippen molar-refractivity contribution in [3.8, 4) is 5.75 Å². The van der Waals surface area contributed by atoms with Gasteiger partial charge < -0.3 is 10.1 Å². The number of benzene rings is 2. The lowest BCUT2D eigenvalue weighted by atomic mass is 10.1. The molecule has 0 aliphatic rings. The molecule has 8 heteroatoms. The first-order valence-corrected chi connectivity index (χ1v) is 11.4. The van der Waals surface area contributed by atoms with E-state index in [2.05, 4.69) is 15.5 Å². The fourth-order valence-corrected chi connectivity index (χ4v) is 4.06. The molecule has 4 aromatic rings. The van der Waals surface area contributed by atoms with Crippen LogP contribution >= 0.6 is 11.6 Å². The Labute approximate surface area is 204 Å². The molecule has 0 bridgehead atoms. The summed E-state index contributed by atoms with van der Waals surface area (Å²) in [5.41, 5.74) is 6.83. The minimum absolute atomic E-state index is 0.173. The third kappa shape index (κ3) is 4.84. The number of nitrogens with zero attached hydrogens (tertiary/aromatic N) is 4. The molecule has 0 unspecified atom stereocenters. The molecule has 0 fully saturated rings. The Hall–Kier alpha value is -3.58. The first-order valence-electron chi connectivity index (χ1n) is 11.0. The van der Waals surface area contributed by atoms with Gasteiger partial charge in [0.1, 0.15) is 5.75 Å². The van der Waals surface area contributed by atoms with Gasteiger partial charge in [-0.05, 0) is 63.1 Å². The van der Waals surface area contributed by atoms with Gasteiger partial charge in [0.2, 0.25) is 0 Å². The molecule has 0 saturated carbocycles. The Balaban J connectivity index is 1.46. The van der Waals surface area contributed by atoms with Crippen molar-refractivity contribution in [2.75, 3.05) is 12.4 Å². The summed E-state index contributed by atoms with van der Waals surface area (Å²) in [6.07, 6.45) is 0. The van der Waals surface area contributed by atoms with Gasteiger partial charge in [0.15, 0.2) is 0 Å². The van der Waals surface area contributed by atoms with Gasteiger partial charge >= 0.3 is 0 Å². The summed E-state index contributed by atoms with van der Waals surface area (Å²) in [6.45, 7) is 8.87. The van der Waals surface area contributed by atoms with E-state index in [4.69, 9.17) is 16.3 Å². The molecule has 2 aromatic carbocycles. The molecule has 0 radical (unpaired) electrons. The van der Waals surface area contributed by atoms with E-state index in [-0.39, 0.29) is 5.91 Å². The number of anilines is 1. The van der Waals surface area contributed by atoms with Crippen LogP contribution in [0.1, 0.15) is 44.3 Å². The number of ether oxygens (including phenoxy) is 1. The highest BCUT2D eigenvalue weighted by molar-refractivity contribution is 6.31. The molecule has 2 heterocycles. The predicted octanol–water partition coefficient (Wildman–Crippen LogP) is 5.32. The first kappa shape index (κ1) is 23.6. The Kier molecular flexibility index (Phi) is 6.75. The van der Waals surface area contributed by atoms with Gasteiger partial charge in [0.05, 0.1) is 53.7 Å². The molecule has 4 rings (SSSR count). The summed E-state index contributed by atoms with van der Waals surface area (Å²) in [4.78, 5) is 12.9. The van der Waals surface area contributed by atoms with Crippen LogP contribution in [0.3, 0.4) is 0 Å². The molecule has 0 aliphatic heterocycles. The first-order chi connectivity index (χ1) is 16.3. The second-order valence-electron chi connectivity index (χ2n) is 8.35. The number of methoxy groups -OCH3 is 1. The molecule has 1 amide bonds. The topological polar surface area (TPSA) is 74.0 Å². The number of carbonyl (C=O) groups excluding carboxylic acids is 1. The van der Waals surface area contributed by atoms with Gasteiger partial charge in [-0.2, -0.15) is 10.2 Å². The minimum atomic E-state index is -0.173. The van der Waals surface area contributed by atoms with Crippen LogP contribution < -0.4 is 10.1 Å². The highest BCUT2D eigenvalue weighted by atomic mass is 35.5. The van der Waals surface area contributed by atoms with Crippen molar-refractivity contribution in [3.05, 3.63) is 93.0 Å². The molecule has 0 aliphatic carbocycles. The average Bonchev–Trinajstić information content (AvgIpc) is 3.23. The van der Waals surface area contributed by atoms with Crippen molar-refractivity contribution in [3.63, 3.8) is 0 Å². The van der Waals surface area contributed by atoms with Crippen LogP contribution in [0.4, 0.5) is 5.69 Å². The number of halogens is 1. The monoisotopic (exact) mass is 477 g/mol. The summed E-state index contributed by atoms with van der Waals surface area (Å²) in [7, 11) is 1.65. The predicted molar refractivity (Wildman–Crippen MR) is 134 cm³/mol. The van der Waals surface area contributed by atoms with E-state index in [0.717, 1.165) is 45.3 Å². The number of carbonyl (C=O) groups is 1. The zero-order chi connectivity index (χ0) is 24.4. The van der Waals surface area contributed by atoms with Crippen LogP contribution in [0.2, 0.25) is 5.02 Å². The van der Waals surface area contributed by atoms with Gasteiger partial charge in [0, 0.05) is 5.56 Å². The Bertz CT molecular complexity index is 1340. The van der Waals surface area contributed by atoms with Gasteiger partial charge in [-0.15, -0.1) is 0 Å². The van der Waals surface area contributed by atoms with Crippen LogP contribution in [-0.2, 0) is 13.1 Å². The standard InChI is InChI=1S/C26H28ClN5O2/c1-16-24(27)18(3)31(29-16)14-20-9-11-22(12-10-20)26(33)28-25-17(2)30-32(19(25)4)15-21-7-6-8-23(13-21)34-5/h6-13H,14-15H2,1-5H3,(H,28,33). The van der Waals surface area contributed by atoms with Crippen molar-refractivity contribution in [2.24, 2.45) is 0 Å². The molecular weight excluding hydrogens is 450 g/mol. The molecule has 176 valence electrons. The minimum Gasteiger partial charge on any atom is -0.497 e. The molecular formula is C26H28ClN5O2. The summed E-state index contributed by atoms with van der Waals surface area (Å²) in [5, 5.41) is 12.8. The molecule has 1 N–H and O–H groups in total. The lowest BCUT2D eigenvalue weighted by Gasteiger charge is -2.09.